The van der Waals surface area contributed by atoms with Crippen molar-refractivity contribution in [3.63, 3.8) is 0 Å². The summed E-state index contributed by atoms with van der Waals surface area (Å²) in [7, 11) is 0. The molecule has 0 aliphatic heterocycles. The Kier molecular flexibility index (Phi) is 4.29. The number of carbonyl (C=O) groups excluding carboxylic acids is 1. The third-order valence-electron chi connectivity index (χ3n) is 2.65. The number of para-hydroxylation sites is 1. The summed E-state index contributed by atoms with van der Waals surface area (Å²) in [6.07, 6.45) is 1.38. The van der Waals surface area contributed by atoms with Crippen LogP contribution in [0, 0.1) is 12.7 Å². The fraction of sp³-hybridized carbons (Fsp3) is 0.154. The number of anilines is 1. The zero-order valence-electron chi connectivity index (χ0n) is 10.6. The summed E-state index contributed by atoms with van der Waals surface area (Å²) in [4.78, 5) is 27.7. The smallest absolute Gasteiger partial charge is 0.268 e. The Hall–Kier alpha value is -2.02. The molecular formula is C13H11BrFN3O2. The van der Waals surface area contributed by atoms with E-state index in [1.807, 2.05) is 0 Å². The van der Waals surface area contributed by atoms with Gasteiger partial charge >= 0.3 is 0 Å². The SMILES string of the molecule is Cc1ncc(Br)c(=O)n1CC(=O)Nc1ccccc1F. The molecule has 1 amide bonds. The first-order valence-corrected chi connectivity index (χ1v) is 6.54. The zero-order valence-corrected chi connectivity index (χ0v) is 12.1. The van der Waals surface area contributed by atoms with Crippen LogP contribution >= 0.6 is 15.9 Å². The number of hydrogen-bond donors (Lipinski definition) is 1. The maximum atomic E-state index is 13.4. The van der Waals surface area contributed by atoms with E-state index in [0.717, 1.165) is 0 Å². The first kappa shape index (κ1) is 14.4. The Morgan fingerprint density at radius 1 is 1.45 bits per heavy atom. The molecule has 2 aromatic rings. The predicted molar refractivity (Wildman–Crippen MR) is 76.0 cm³/mol. The van der Waals surface area contributed by atoms with Gasteiger partial charge in [-0.25, -0.2) is 9.37 Å². The third kappa shape index (κ3) is 3.11. The van der Waals surface area contributed by atoms with Crippen LogP contribution < -0.4 is 10.9 Å². The third-order valence-corrected chi connectivity index (χ3v) is 3.20. The quantitative estimate of drug-likeness (QED) is 0.931. The van der Waals surface area contributed by atoms with Crippen LogP contribution in [0.3, 0.4) is 0 Å². The van der Waals surface area contributed by atoms with Gasteiger partial charge in [0.2, 0.25) is 5.91 Å². The van der Waals surface area contributed by atoms with Gasteiger partial charge in [-0.2, -0.15) is 0 Å². The summed E-state index contributed by atoms with van der Waals surface area (Å²) in [6, 6.07) is 5.82. The number of hydrogen-bond acceptors (Lipinski definition) is 3. The fourth-order valence-corrected chi connectivity index (χ4v) is 1.95. The van der Waals surface area contributed by atoms with Gasteiger partial charge < -0.3 is 5.32 Å². The highest BCUT2D eigenvalue weighted by Crippen LogP contribution is 2.12. The first-order valence-electron chi connectivity index (χ1n) is 5.75. The van der Waals surface area contributed by atoms with Crippen LogP contribution in [0.15, 0.2) is 39.7 Å². The van der Waals surface area contributed by atoms with Gasteiger partial charge in [0.1, 0.15) is 22.7 Å². The molecule has 7 heteroatoms. The number of nitrogens with zero attached hydrogens (tertiary/aromatic N) is 2. The molecule has 0 saturated carbocycles. The molecule has 0 bridgehead atoms. The molecule has 1 aromatic heterocycles. The van der Waals surface area contributed by atoms with Crippen LogP contribution in [0.5, 0.6) is 0 Å². The highest BCUT2D eigenvalue weighted by molar-refractivity contribution is 9.10. The monoisotopic (exact) mass is 339 g/mol. The number of amides is 1. The standard InChI is InChI=1S/C13H11BrFN3O2/c1-8-16-6-9(14)13(20)18(8)7-12(19)17-11-5-3-2-4-10(11)15/h2-6H,7H2,1H3,(H,17,19). The molecule has 104 valence electrons. The lowest BCUT2D eigenvalue weighted by Crippen LogP contribution is -2.30. The van der Waals surface area contributed by atoms with E-state index in [1.165, 1.54) is 29.0 Å². The topological polar surface area (TPSA) is 64.0 Å². The fourth-order valence-electron chi connectivity index (χ4n) is 1.63. The van der Waals surface area contributed by atoms with Gasteiger partial charge in [0.05, 0.1) is 5.69 Å². The Bertz CT molecular complexity index is 715. The molecule has 0 radical (unpaired) electrons. The number of benzene rings is 1. The lowest BCUT2D eigenvalue weighted by molar-refractivity contribution is -0.116. The number of aryl methyl sites for hydroxylation is 1. The van der Waals surface area contributed by atoms with Crippen molar-refractivity contribution in [2.45, 2.75) is 13.5 Å². The van der Waals surface area contributed by atoms with E-state index in [-0.39, 0.29) is 22.3 Å². The van der Waals surface area contributed by atoms with Crippen molar-refractivity contribution < 1.29 is 9.18 Å². The van der Waals surface area contributed by atoms with E-state index in [9.17, 15) is 14.0 Å². The summed E-state index contributed by atoms with van der Waals surface area (Å²) < 4.78 is 14.9. The molecular weight excluding hydrogens is 329 g/mol. The molecule has 0 unspecified atom stereocenters. The average Bonchev–Trinajstić information content (AvgIpc) is 2.42. The van der Waals surface area contributed by atoms with Crippen molar-refractivity contribution in [3.05, 3.63) is 56.9 Å². The molecule has 0 fully saturated rings. The van der Waals surface area contributed by atoms with Gasteiger partial charge in [0.25, 0.3) is 5.56 Å². The number of rotatable bonds is 3. The molecule has 0 spiro atoms. The number of carbonyl (C=O) groups is 1. The van der Waals surface area contributed by atoms with E-state index in [1.54, 1.807) is 13.0 Å². The van der Waals surface area contributed by atoms with Gasteiger partial charge in [0, 0.05) is 6.20 Å². The number of halogens is 2. The number of nitrogens with one attached hydrogen (secondary N) is 1. The van der Waals surface area contributed by atoms with Crippen molar-refractivity contribution in [1.82, 2.24) is 9.55 Å². The lowest BCUT2D eigenvalue weighted by Gasteiger charge is -2.10. The van der Waals surface area contributed by atoms with Crippen molar-refractivity contribution in [1.29, 1.82) is 0 Å². The molecule has 1 N–H and O–H groups in total. The maximum Gasteiger partial charge on any atom is 0.268 e. The zero-order chi connectivity index (χ0) is 14.7. The Labute approximate surface area is 122 Å². The molecule has 1 heterocycles. The molecule has 0 atom stereocenters. The Morgan fingerprint density at radius 3 is 2.85 bits per heavy atom. The van der Waals surface area contributed by atoms with Crippen molar-refractivity contribution in [3.8, 4) is 0 Å². The summed E-state index contributed by atoms with van der Waals surface area (Å²) in [6.45, 7) is 1.38. The van der Waals surface area contributed by atoms with Crippen LogP contribution in [0.2, 0.25) is 0 Å². The molecule has 0 saturated heterocycles. The Balaban J connectivity index is 2.19. The van der Waals surface area contributed by atoms with Gasteiger partial charge in [-0.3, -0.25) is 14.2 Å². The van der Waals surface area contributed by atoms with Gasteiger partial charge in [-0.1, -0.05) is 12.1 Å². The van der Waals surface area contributed by atoms with E-state index in [2.05, 4.69) is 26.2 Å². The summed E-state index contributed by atoms with van der Waals surface area (Å²) in [5, 5.41) is 2.42. The minimum Gasteiger partial charge on any atom is -0.322 e. The number of aromatic nitrogens is 2. The second-order valence-electron chi connectivity index (χ2n) is 4.07. The summed E-state index contributed by atoms with van der Waals surface area (Å²) in [5.74, 6) is -0.626. The van der Waals surface area contributed by atoms with Gasteiger partial charge in [-0.05, 0) is 35.0 Å². The average molecular weight is 340 g/mol. The molecule has 20 heavy (non-hydrogen) atoms. The minimum atomic E-state index is -0.530. The summed E-state index contributed by atoms with van der Waals surface area (Å²) >= 11 is 3.06. The van der Waals surface area contributed by atoms with Crippen molar-refractivity contribution >= 4 is 27.5 Å². The van der Waals surface area contributed by atoms with Gasteiger partial charge in [-0.15, -0.1) is 0 Å². The molecule has 5 nitrogen and oxygen atoms in total. The van der Waals surface area contributed by atoms with E-state index < -0.39 is 11.7 Å². The van der Waals surface area contributed by atoms with E-state index in [0.29, 0.717) is 5.82 Å². The molecule has 2 rings (SSSR count). The van der Waals surface area contributed by atoms with E-state index in [4.69, 9.17) is 0 Å². The molecule has 0 aliphatic rings. The summed E-state index contributed by atoms with van der Waals surface area (Å²) in [5.41, 5.74) is -0.285. The van der Waals surface area contributed by atoms with Crippen LogP contribution in [-0.2, 0) is 11.3 Å². The highest BCUT2D eigenvalue weighted by atomic mass is 79.9. The predicted octanol–water partition coefficient (Wildman–Crippen LogP) is 2.09. The maximum absolute atomic E-state index is 13.4. The van der Waals surface area contributed by atoms with Gasteiger partial charge in [0.15, 0.2) is 0 Å². The second kappa shape index (κ2) is 5.96. The largest absolute Gasteiger partial charge is 0.322 e. The van der Waals surface area contributed by atoms with Crippen LogP contribution in [0.25, 0.3) is 0 Å². The lowest BCUT2D eigenvalue weighted by atomic mass is 10.3. The van der Waals surface area contributed by atoms with Crippen molar-refractivity contribution in [2.24, 2.45) is 0 Å². The van der Waals surface area contributed by atoms with Crippen LogP contribution in [0.1, 0.15) is 5.82 Å². The van der Waals surface area contributed by atoms with E-state index >= 15 is 0 Å². The Morgan fingerprint density at radius 2 is 2.15 bits per heavy atom. The molecule has 1 aromatic carbocycles. The first-order chi connectivity index (χ1) is 9.49. The van der Waals surface area contributed by atoms with Crippen LogP contribution in [-0.4, -0.2) is 15.5 Å². The van der Waals surface area contributed by atoms with Crippen LogP contribution in [0.4, 0.5) is 10.1 Å². The minimum absolute atomic E-state index is 0.0751. The normalized spacial score (nSPS) is 10.3. The second-order valence-corrected chi connectivity index (χ2v) is 4.93. The van der Waals surface area contributed by atoms with Crippen molar-refractivity contribution in [2.75, 3.05) is 5.32 Å². The highest BCUT2D eigenvalue weighted by Gasteiger charge is 2.11. The molecule has 0 aliphatic carbocycles.